The zero-order chi connectivity index (χ0) is 10.7. The molecule has 0 aliphatic carbocycles. The molecule has 0 spiro atoms. The number of hydrogen-bond acceptors (Lipinski definition) is 2. The number of hydrogen-bond donors (Lipinski definition) is 2. The number of carbonyl (C=O) groups is 1. The number of carbonyl (C=O) groups excluding carboxylic acids is 1. The summed E-state index contributed by atoms with van der Waals surface area (Å²) >= 11 is 9.09. The highest BCUT2D eigenvalue weighted by Gasteiger charge is 2.10. The van der Waals surface area contributed by atoms with Gasteiger partial charge in [-0.25, -0.2) is 0 Å². The molecule has 1 atom stereocenters. The average Bonchev–Trinajstić information content (AvgIpc) is 2.08. The van der Waals surface area contributed by atoms with Crippen molar-refractivity contribution in [3.63, 3.8) is 0 Å². The lowest BCUT2D eigenvalue weighted by Crippen LogP contribution is -2.20. The quantitative estimate of drug-likeness (QED) is 0.887. The van der Waals surface area contributed by atoms with E-state index in [4.69, 9.17) is 23.1 Å². The van der Waals surface area contributed by atoms with Crippen LogP contribution in [0.25, 0.3) is 0 Å². The van der Waals surface area contributed by atoms with Crippen LogP contribution >= 0.6 is 27.5 Å². The van der Waals surface area contributed by atoms with Gasteiger partial charge in [0.25, 0.3) is 0 Å². The predicted molar refractivity (Wildman–Crippen MR) is 59.9 cm³/mol. The fourth-order valence-electron chi connectivity index (χ4n) is 1.08. The lowest BCUT2D eigenvalue weighted by atomic mass is 10.0. The van der Waals surface area contributed by atoms with E-state index < -0.39 is 5.91 Å². The third-order valence-corrected chi connectivity index (χ3v) is 3.01. The Morgan fingerprint density at radius 2 is 2.21 bits per heavy atom. The molecule has 0 saturated carbocycles. The van der Waals surface area contributed by atoms with E-state index in [1.807, 2.05) is 0 Å². The van der Waals surface area contributed by atoms with Gasteiger partial charge in [0.1, 0.15) is 0 Å². The largest absolute Gasteiger partial charge is 0.370 e. The first-order chi connectivity index (χ1) is 6.50. The van der Waals surface area contributed by atoms with Crippen LogP contribution in [0.3, 0.4) is 0 Å². The van der Waals surface area contributed by atoms with E-state index >= 15 is 0 Å². The molecule has 4 N–H and O–H groups in total. The molecule has 3 nitrogen and oxygen atoms in total. The lowest BCUT2D eigenvalue weighted by Gasteiger charge is -2.10. The van der Waals surface area contributed by atoms with E-state index in [0.717, 1.165) is 10.0 Å². The lowest BCUT2D eigenvalue weighted by molar-refractivity contribution is -0.118. The molecule has 14 heavy (non-hydrogen) atoms. The van der Waals surface area contributed by atoms with Gasteiger partial charge in [-0.05, 0) is 33.6 Å². The fraction of sp³-hybridized carbons (Fsp3) is 0.222. The molecule has 0 aliphatic rings. The highest BCUT2D eigenvalue weighted by molar-refractivity contribution is 9.10. The molecule has 0 fully saturated rings. The van der Waals surface area contributed by atoms with E-state index in [0.29, 0.717) is 5.02 Å². The molecule has 0 saturated heterocycles. The highest BCUT2D eigenvalue weighted by Crippen LogP contribution is 2.26. The maximum absolute atomic E-state index is 10.6. The summed E-state index contributed by atoms with van der Waals surface area (Å²) in [6.45, 7) is 0. The molecule has 0 heterocycles. The highest BCUT2D eigenvalue weighted by atomic mass is 79.9. The summed E-state index contributed by atoms with van der Waals surface area (Å²) in [4.78, 5) is 10.6. The molecule has 1 aromatic rings. The van der Waals surface area contributed by atoms with Crippen molar-refractivity contribution in [2.24, 2.45) is 11.5 Å². The molecule has 0 aromatic heterocycles. The monoisotopic (exact) mass is 276 g/mol. The maximum atomic E-state index is 10.6. The number of amides is 1. The minimum absolute atomic E-state index is 0.133. The van der Waals surface area contributed by atoms with E-state index in [9.17, 15) is 4.79 Å². The van der Waals surface area contributed by atoms with Crippen LogP contribution in [0, 0.1) is 0 Å². The Morgan fingerprint density at radius 1 is 1.57 bits per heavy atom. The van der Waals surface area contributed by atoms with Gasteiger partial charge >= 0.3 is 0 Å². The predicted octanol–water partition coefficient (Wildman–Crippen LogP) is 1.98. The topological polar surface area (TPSA) is 69.1 Å². The van der Waals surface area contributed by atoms with Crippen molar-refractivity contribution in [2.75, 3.05) is 0 Å². The van der Waals surface area contributed by atoms with Gasteiger partial charge in [0.05, 0.1) is 5.02 Å². The number of benzene rings is 1. The van der Waals surface area contributed by atoms with Crippen LogP contribution < -0.4 is 11.5 Å². The molecule has 1 aromatic carbocycles. The molecule has 1 amide bonds. The van der Waals surface area contributed by atoms with Crippen molar-refractivity contribution in [3.05, 3.63) is 33.3 Å². The minimum atomic E-state index is -0.413. The number of rotatable bonds is 3. The van der Waals surface area contributed by atoms with Crippen molar-refractivity contribution in [3.8, 4) is 0 Å². The van der Waals surface area contributed by atoms with Crippen LogP contribution in [-0.4, -0.2) is 5.91 Å². The maximum Gasteiger partial charge on any atom is 0.219 e. The van der Waals surface area contributed by atoms with Gasteiger partial charge < -0.3 is 11.5 Å². The van der Waals surface area contributed by atoms with Crippen LogP contribution in [0.4, 0.5) is 0 Å². The number of halogens is 2. The first-order valence-electron chi connectivity index (χ1n) is 3.99. The fourth-order valence-corrected chi connectivity index (χ4v) is 1.59. The van der Waals surface area contributed by atoms with Gasteiger partial charge in [-0.3, -0.25) is 4.79 Å². The second-order valence-electron chi connectivity index (χ2n) is 2.95. The molecule has 1 unspecified atom stereocenters. The van der Waals surface area contributed by atoms with Gasteiger partial charge in [0, 0.05) is 16.9 Å². The molecule has 1 rings (SSSR count). The van der Waals surface area contributed by atoms with Gasteiger partial charge in [0.2, 0.25) is 5.91 Å². The Balaban J connectivity index is 2.85. The Bertz CT molecular complexity index is 357. The third-order valence-electron chi connectivity index (χ3n) is 1.79. The number of primary amides is 1. The first kappa shape index (κ1) is 11.5. The Labute approximate surface area is 95.5 Å². The van der Waals surface area contributed by atoms with Crippen molar-refractivity contribution in [1.29, 1.82) is 0 Å². The second kappa shape index (κ2) is 4.77. The van der Waals surface area contributed by atoms with Crippen LogP contribution in [-0.2, 0) is 4.79 Å². The summed E-state index contributed by atoms with van der Waals surface area (Å²) in [5, 5.41) is 0.611. The van der Waals surface area contributed by atoms with Gasteiger partial charge in [-0.1, -0.05) is 17.7 Å². The van der Waals surface area contributed by atoms with Gasteiger partial charge in [-0.15, -0.1) is 0 Å². The van der Waals surface area contributed by atoms with Crippen molar-refractivity contribution in [1.82, 2.24) is 0 Å². The molecule has 5 heteroatoms. The Kier molecular flexibility index (Phi) is 3.92. The van der Waals surface area contributed by atoms with E-state index in [-0.39, 0.29) is 12.5 Å². The van der Waals surface area contributed by atoms with E-state index in [1.165, 1.54) is 0 Å². The van der Waals surface area contributed by atoms with Crippen molar-refractivity contribution in [2.45, 2.75) is 12.5 Å². The Morgan fingerprint density at radius 3 is 2.71 bits per heavy atom. The van der Waals surface area contributed by atoms with Crippen LogP contribution in [0.1, 0.15) is 18.0 Å². The summed E-state index contributed by atoms with van der Waals surface area (Å²) in [6.07, 6.45) is 0.133. The second-order valence-corrected chi connectivity index (χ2v) is 4.21. The van der Waals surface area contributed by atoms with Crippen LogP contribution in [0.5, 0.6) is 0 Å². The smallest absolute Gasteiger partial charge is 0.219 e. The van der Waals surface area contributed by atoms with Gasteiger partial charge in [0.15, 0.2) is 0 Å². The summed E-state index contributed by atoms with van der Waals surface area (Å²) < 4.78 is 0.761. The number of nitrogens with two attached hydrogens (primary N) is 2. The summed E-state index contributed by atoms with van der Waals surface area (Å²) in [6, 6.07) is 4.92. The van der Waals surface area contributed by atoms with Crippen LogP contribution in [0.15, 0.2) is 22.7 Å². The summed E-state index contributed by atoms with van der Waals surface area (Å²) in [7, 11) is 0. The summed E-state index contributed by atoms with van der Waals surface area (Å²) in [5.41, 5.74) is 11.6. The van der Waals surface area contributed by atoms with Crippen molar-refractivity contribution >= 4 is 33.4 Å². The molecule has 0 bridgehead atoms. The SMILES string of the molecule is NC(=O)CC(N)c1ccc(Cl)c(Br)c1. The minimum Gasteiger partial charge on any atom is -0.370 e. The van der Waals surface area contributed by atoms with E-state index in [2.05, 4.69) is 15.9 Å². The Hall–Kier alpha value is -0.580. The summed E-state index contributed by atoms with van der Waals surface area (Å²) in [5.74, 6) is -0.413. The van der Waals surface area contributed by atoms with Crippen LogP contribution in [0.2, 0.25) is 5.02 Å². The van der Waals surface area contributed by atoms with E-state index in [1.54, 1.807) is 18.2 Å². The molecular weight excluding hydrogens is 267 g/mol. The zero-order valence-corrected chi connectivity index (χ0v) is 9.68. The van der Waals surface area contributed by atoms with Gasteiger partial charge in [-0.2, -0.15) is 0 Å². The van der Waals surface area contributed by atoms with Crippen molar-refractivity contribution < 1.29 is 4.79 Å². The molecule has 0 aliphatic heterocycles. The molecule has 76 valence electrons. The standard InChI is InChI=1S/C9H10BrClN2O/c10-6-3-5(1-2-7(6)11)8(12)4-9(13)14/h1-3,8H,4,12H2,(H2,13,14). The zero-order valence-electron chi connectivity index (χ0n) is 7.34. The average molecular weight is 278 g/mol. The third kappa shape index (κ3) is 2.97. The molecular formula is C9H10BrClN2O. The normalized spacial score (nSPS) is 12.5. The first-order valence-corrected chi connectivity index (χ1v) is 5.16. The molecule has 0 radical (unpaired) electrons.